The number of carbonyl (C=O) groups is 1. The molecule has 0 radical (unpaired) electrons. The van der Waals surface area contributed by atoms with Crippen LogP contribution in [0, 0.1) is 11.8 Å². The van der Waals surface area contributed by atoms with Crippen LogP contribution in [0.25, 0.3) is 0 Å². The Morgan fingerprint density at radius 1 is 1.14 bits per heavy atom. The van der Waals surface area contributed by atoms with E-state index in [0.29, 0.717) is 12.8 Å². The molecule has 120 valence electrons. The van der Waals surface area contributed by atoms with Gasteiger partial charge in [-0.25, -0.2) is 4.98 Å². The van der Waals surface area contributed by atoms with Gasteiger partial charge < -0.3 is 14.9 Å². The van der Waals surface area contributed by atoms with Gasteiger partial charge in [-0.1, -0.05) is 6.92 Å². The fourth-order valence-electron chi connectivity index (χ4n) is 3.23. The van der Waals surface area contributed by atoms with Gasteiger partial charge in [0.25, 0.3) is 0 Å². The number of hydrogen-bond acceptors (Lipinski definition) is 5. The van der Waals surface area contributed by atoms with Crippen LogP contribution < -0.4 is 9.80 Å². The quantitative estimate of drug-likeness (QED) is 0.921. The lowest BCUT2D eigenvalue weighted by Gasteiger charge is -2.33. The van der Waals surface area contributed by atoms with Crippen LogP contribution in [0.1, 0.15) is 32.6 Å². The first-order chi connectivity index (χ1) is 10.6. The molecule has 2 fully saturated rings. The Bertz CT molecular complexity index is 521. The van der Waals surface area contributed by atoms with Crippen molar-refractivity contribution in [3.63, 3.8) is 0 Å². The highest BCUT2D eigenvalue weighted by Crippen LogP contribution is 2.25. The van der Waals surface area contributed by atoms with Crippen molar-refractivity contribution in [1.29, 1.82) is 0 Å². The molecule has 6 nitrogen and oxygen atoms in total. The van der Waals surface area contributed by atoms with Crippen molar-refractivity contribution in [2.24, 2.45) is 11.8 Å². The molecule has 0 aliphatic carbocycles. The molecular formula is C16H24N4O2. The van der Waals surface area contributed by atoms with Crippen LogP contribution in [0.3, 0.4) is 0 Å². The van der Waals surface area contributed by atoms with Gasteiger partial charge in [0.05, 0.1) is 5.92 Å². The molecule has 0 unspecified atom stereocenters. The number of carboxylic acid groups (broad SMARTS) is 1. The van der Waals surface area contributed by atoms with Gasteiger partial charge in [0.15, 0.2) is 0 Å². The smallest absolute Gasteiger partial charge is 0.306 e. The third-order valence-corrected chi connectivity index (χ3v) is 4.86. The van der Waals surface area contributed by atoms with E-state index >= 15 is 0 Å². The van der Waals surface area contributed by atoms with Crippen molar-refractivity contribution in [3.05, 3.63) is 12.3 Å². The summed E-state index contributed by atoms with van der Waals surface area (Å²) in [5.41, 5.74) is 0. The highest BCUT2D eigenvalue weighted by molar-refractivity contribution is 5.70. The van der Waals surface area contributed by atoms with Gasteiger partial charge in [-0.3, -0.25) is 4.79 Å². The number of aromatic nitrogens is 2. The Kier molecular flexibility index (Phi) is 4.45. The third-order valence-electron chi connectivity index (χ3n) is 4.86. The molecule has 1 N–H and O–H groups in total. The molecule has 0 saturated carbocycles. The topological polar surface area (TPSA) is 69.6 Å². The van der Waals surface area contributed by atoms with E-state index in [1.165, 1.54) is 12.8 Å². The Morgan fingerprint density at radius 2 is 1.77 bits per heavy atom. The normalized spacial score (nSPS) is 21.1. The highest BCUT2D eigenvalue weighted by atomic mass is 16.4. The summed E-state index contributed by atoms with van der Waals surface area (Å²) >= 11 is 0. The predicted molar refractivity (Wildman–Crippen MR) is 85.2 cm³/mol. The minimum absolute atomic E-state index is 0.207. The molecule has 1 aromatic heterocycles. The Balaban J connectivity index is 1.66. The lowest BCUT2D eigenvalue weighted by atomic mass is 9.97. The van der Waals surface area contributed by atoms with Gasteiger partial charge in [0.1, 0.15) is 5.82 Å². The van der Waals surface area contributed by atoms with E-state index in [4.69, 9.17) is 10.1 Å². The minimum Gasteiger partial charge on any atom is -0.481 e. The van der Waals surface area contributed by atoms with E-state index in [1.807, 2.05) is 12.3 Å². The molecule has 0 atom stereocenters. The lowest BCUT2D eigenvalue weighted by molar-refractivity contribution is -0.142. The van der Waals surface area contributed by atoms with E-state index in [1.54, 1.807) is 0 Å². The average Bonchev–Trinajstić information content (AvgIpc) is 2.56. The zero-order valence-corrected chi connectivity index (χ0v) is 13.1. The van der Waals surface area contributed by atoms with Crippen LogP contribution in [-0.2, 0) is 4.79 Å². The summed E-state index contributed by atoms with van der Waals surface area (Å²) in [5.74, 6) is 1.64. The van der Waals surface area contributed by atoms with Crippen LogP contribution in [0.4, 0.5) is 11.8 Å². The van der Waals surface area contributed by atoms with Gasteiger partial charge in [-0.15, -0.1) is 0 Å². The molecule has 3 heterocycles. The molecule has 3 rings (SSSR count). The monoisotopic (exact) mass is 304 g/mol. The molecule has 22 heavy (non-hydrogen) atoms. The van der Waals surface area contributed by atoms with Crippen LogP contribution in [-0.4, -0.2) is 47.2 Å². The van der Waals surface area contributed by atoms with E-state index in [2.05, 4.69) is 21.7 Å². The second-order valence-electron chi connectivity index (χ2n) is 6.48. The van der Waals surface area contributed by atoms with Gasteiger partial charge in [0.2, 0.25) is 5.95 Å². The largest absolute Gasteiger partial charge is 0.481 e. The zero-order chi connectivity index (χ0) is 15.5. The molecule has 0 amide bonds. The molecule has 0 aromatic carbocycles. The minimum atomic E-state index is -0.675. The molecule has 0 spiro atoms. The van der Waals surface area contributed by atoms with Crippen molar-refractivity contribution in [1.82, 2.24) is 9.97 Å². The van der Waals surface area contributed by atoms with Crippen LogP contribution in [0.2, 0.25) is 0 Å². The zero-order valence-electron chi connectivity index (χ0n) is 13.1. The first-order valence-corrected chi connectivity index (χ1v) is 8.19. The lowest BCUT2D eigenvalue weighted by Crippen LogP contribution is -2.38. The van der Waals surface area contributed by atoms with Gasteiger partial charge in [-0.05, 0) is 37.7 Å². The fourth-order valence-corrected chi connectivity index (χ4v) is 3.23. The van der Waals surface area contributed by atoms with Crippen molar-refractivity contribution in [2.45, 2.75) is 32.6 Å². The first-order valence-electron chi connectivity index (χ1n) is 8.19. The van der Waals surface area contributed by atoms with Gasteiger partial charge >= 0.3 is 5.97 Å². The predicted octanol–water partition coefficient (Wildman–Crippen LogP) is 2.01. The maximum Gasteiger partial charge on any atom is 0.306 e. The number of nitrogens with zero attached hydrogens (tertiary/aromatic N) is 4. The van der Waals surface area contributed by atoms with Crippen molar-refractivity contribution < 1.29 is 9.90 Å². The molecular weight excluding hydrogens is 280 g/mol. The second kappa shape index (κ2) is 6.50. The van der Waals surface area contributed by atoms with Crippen LogP contribution in [0.15, 0.2) is 12.3 Å². The molecule has 6 heteroatoms. The van der Waals surface area contributed by atoms with Crippen molar-refractivity contribution >= 4 is 17.7 Å². The second-order valence-corrected chi connectivity index (χ2v) is 6.48. The number of aliphatic carboxylic acids is 1. The van der Waals surface area contributed by atoms with E-state index in [-0.39, 0.29) is 5.92 Å². The van der Waals surface area contributed by atoms with Gasteiger partial charge in [0, 0.05) is 32.4 Å². The maximum atomic E-state index is 11.0. The fraction of sp³-hybridized carbons (Fsp3) is 0.688. The Hall–Kier alpha value is -1.85. The highest BCUT2D eigenvalue weighted by Gasteiger charge is 2.26. The summed E-state index contributed by atoms with van der Waals surface area (Å²) in [6.07, 6.45) is 5.58. The van der Waals surface area contributed by atoms with Crippen LogP contribution in [0.5, 0.6) is 0 Å². The molecule has 0 bridgehead atoms. The van der Waals surface area contributed by atoms with E-state index in [0.717, 1.165) is 43.9 Å². The van der Waals surface area contributed by atoms with Crippen molar-refractivity contribution in [3.8, 4) is 0 Å². The average molecular weight is 304 g/mol. The number of carboxylic acids is 1. The summed E-state index contributed by atoms with van der Waals surface area (Å²) in [4.78, 5) is 24.6. The van der Waals surface area contributed by atoms with Crippen LogP contribution >= 0.6 is 0 Å². The number of hydrogen-bond donors (Lipinski definition) is 1. The SMILES string of the molecule is CC1CCN(c2nccc(N3CCC(C(=O)O)CC3)n2)CC1. The standard InChI is InChI=1S/C16H24N4O2/c1-12-3-8-20(9-4-12)16-17-7-2-14(18-16)19-10-5-13(6-11-19)15(21)22/h2,7,12-13H,3-6,8-11H2,1H3,(H,21,22). The number of anilines is 2. The summed E-state index contributed by atoms with van der Waals surface area (Å²) in [7, 11) is 0. The third kappa shape index (κ3) is 3.31. The summed E-state index contributed by atoms with van der Waals surface area (Å²) in [6, 6.07) is 1.93. The Morgan fingerprint density at radius 3 is 2.41 bits per heavy atom. The number of rotatable bonds is 3. The summed E-state index contributed by atoms with van der Waals surface area (Å²) < 4.78 is 0. The molecule has 2 aliphatic heterocycles. The van der Waals surface area contributed by atoms with Crippen molar-refractivity contribution in [2.75, 3.05) is 36.0 Å². The Labute approximate surface area is 131 Å². The molecule has 2 aliphatic rings. The van der Waals surface area contributed by atoms with Gasteiger partial charge in [-0.2, -0.15) is 4.98 Å². The van der Waals surface area contributed by atoms with E-state index in [9.17, 15) is 4.79 Å². The summed E-state index contributed by atoms with van der Waals surface area (Å²) in [6.45, 7) is 5.84. The summed E-state index contributed by atoms with van der Waals surface area (Å²) in [5, 5.41) is 9.08. The first kappa shape index (κ1) is 15.1. The molecule has 2 saturated heterocycles. The molecule has 1 aromatic rings. The maximum absolute atomic E-state index is 11.0. The number of piperidine rings is 2. The van der Waals surface area contributed by atoms with E-state index < -0.39 is 5.97 Å².